The smallest absolute Gasteiger partial charge is 0.130 e. The molecule has 1 saturated heterocycles. The van der Waals surface area contributed by atoms with Gasteiger partial charge in [0, 0.05) is 24.2 Å². The van der Waals surface area contributed by atoms with Crippen molar-refractivity contribution in [2.45, 2.75) is 32.4 Å². The van der Waals surface area contributed by atoms with Gasteiger partial charge in [-0.15, -0.1) is 0 Å². The van der Waals surface area contributed by atoms with Crippen molar-refractivity contribution in [3.8, 4) is 0 Å². The van der Waals surface area contributed by atoms with Gasteiger partial charge in [-0.25, -0.2) is 4.98 Å². The highest BCUT2D eigenvalue weighted by atomic mass is 35.5. The molecule has 0 aromatic carbocycles. The molecule has 1 unspecified atom stereocenters. The van der Waals surface area contributed by atoms with Gasteiger partial charge in [-0.2, -0.15) is 0 Å². The third kappa shape index (κ3) is 2.47. The van der Waals surface area contributed by atoms with Crippen LogP contribution in [0.4, 0.5) is 5.82 Å². The Hall–Kier alpha value is -0.800. The Balaban J connectivity index is 2.25. The summed E-state index contributed by atoms with van der Waals surface area (Å²) in [7, 11) is 1.92. The number of hydrogen-bond donors (Lipinski definition) is 1. The molecular weight excluding hydrogens is 222 g/mol. The van der Waals surface area contributed by atoms with Crippen LogP contribution in [0.15, 0.2) is 12.1 Å². The quantitative estimate of drug-likeness (QED) is 0.878. The summed E-state index contributed by atoms with van der Waals surface area (Å²) < 4.78 is 0. The Morgan fingerprint density at radius 1 is 1.56 bits per heavy atom. The topological polar surface area (TPSA) is 28.2 Å². The van der Waals surface area contributed by atoms with Crippen LogP contribution in [0.2, 0.25) is 5.02 Å². The van der Waals surface area contributed by atoms with Gasteiger partial charge in [-0.05, 0) is 38.9 Å². The van der Waals surface area contributed by atoms with Crippen LogP contribution < -0.4 is 10.2 Å². The van der Waals surface area contributed by atoms with Crippen molar-refractivity contribution in [1.29, 1.82) is 0 Å². The average Bonchev–Trinajstić information content (AvgIpc) is 2.64. The van der Waals surface area contributed by atoms with Gasteiger partial charge in [0.15, 0.2) is 0 Å². The molecule has 1 N–H and O–H groups in total. The predicted molar refractivity (Wildman–Crippen MR) is 68.1 cm³/mol. The molecule has 1 fully saturated rings. The second-order valence-corrected chi connectivity index (χ2v) is 4.79. The van der Waals surface area contributed by atoms with Crippen molar-refractivity contribution in [1.82, 2.24) is 10.3 Å². The lowest BCUT2D eigenvalue weighted by Crippen LogP contribution is -2.27. The van der Waals surface area contributed by atoms with Crippen LogP contribution in [0.3, 0.4) is 0 Å². The van der Waals surface area contributed by atoms with E-state index in [1.165, 1.54) is 12.8 Å². The van der Waals surface area contributed by atoms with Crippen molar-refractivity contribution in [3.63, 3.8) is 0 Å². The van der Waals surface area contributed by atoms with E-state index in [9.17, 15) is 0 Å². The Morgan fingerprint density at radius 3 is 3.00 bits per heavy atom. The summed E-state index contributed by atoms with van der Waals surface area (Å²) in [5.41, 5.74) is 1.00. The van der Waals surface area contributed by atoms with E-state index in [0.29, 0.717) is 6.04 Å². The number of anilines is 1. The van der Waals surface area contributed by atoms with E-state index < -0.39 is 0 Å². The number of hydrogen-bond acceptors (Lipinski definition) is 3. The van der Waals surface area contributed by atoms with Crippen LogP contribution in [0.1, 0.15) is 25.5 Å². The Labute approximate surface area is 102 Å². The minimum atomic E-state index is 0.577. The largest absolute Gasteiger partial charge is 0.354 e. The molecule has 1 aliphatic rings. The molecule has 0 aliphatic carbocycles. The first-order valence-corrected chi connectivity index (χ1v) is 6.16. The molecule has 3 nitrogen and oxygen atoms in total. The molecule has 1 aromatic rings. The number of pyridine rings is 1. The molecule has 1 aromatic heterocycles. The first-order valence-electron chi connectivity index (χ1n) is 5.78. The van der Waals surface area contributed by atoms with Gasteiger partial charge < -0.3 is 10.2 Å². The van der Waals surface area contributed by atoms with E-state index in [2.05, 4.69) is 22.1 Å². The summed E-state index contributed by atoms with van der Waals surface area (Å²) in [6.07, 6.45) is 2.49. The van der Waals surface area contributed by atoms with Crippen LogP contribution in [0, 0.1) is 0 Å². The SMILES string of the molecule is CNCc1cc(Cl)cc(N2CCCC2C)n1. The van der Waals surface area contributed by atoms with E-state index in [1.54, 1.807) is 0 Å². The molecule has 0 bridgehead atoms. The Bertz CT molecular complexity index is 367. The fourth-order valence-electron chi connectivity index (χ4n) is 2.23. The zero-order valence-corrected chi connectivity index (χ0v) is 10.6. The van der Waals surface area contributed by atoms with Gasteiger partial charge in [0.05, 0.1) is 5.69 Å². The van der Waals surface area contributed by atoms with Gasteiger partial charge in [0.1, 0.15) is 5.82 Å². The highest BCUT2D eigenvalue weighted by Crippen LogP contribution is 2.26. The molecule has 88 valence electrons. The van der Waals surface area contributed by atoms with Gasteiger partial charge in [0.2, 0.25) is 0 Å². The maximum absolute atomic E-state index is 6.12. The van der Waals surface area contributed by atoms with Gasteiger partial charge in [-0.3, -0.25) is 0 Å². The minimum absolute atomic E-state index is 0.577. The molecule has 4 heteroatoms. The maximum Gasteiger partial charge on any atom is 0.130 e. The Kier molecular flexibility index (Phi) is 3.66. The van der Waals surface area contributed by atoms with E-state index in [1.807, 2.05) is 19.2 Å². The second-order valence-electron chi connectivity index (χ2n) is 4.35. The van der Waals surface area contributed by atoms with E-state index in [-0.39, 0.29) is 0 Å². The number of nitrogens with zero attached hydrogens (tertiary/aromatic N) is 2. The van der Waals surface area contributed by atoms with E-state index in [4.69, 9.17) is 11.6 Å². The standard InChI is InChI=1S/C12H18ClN3/c1-9-4-3-5-16(9)12-7-10(13)6-11(15-12)8-14-2/h6-7,9,14H,3-5,8H2,1-2H3. The highest BCUT2D eigenvalue weighted by molar-refractivity contribution is 6.30. The highest BCUT2D eigenvalue weighted by Gasteiger charge is 2.21. The first-order chi connectivity index (χ1) is 7.70. The zero-order chi connectivity index (χ0) is 11.5. The molecule has 0 amide bonds. The van der Waals surface area contributed by atoms with Crippen molar-refractivity contribution in [2.24, 2.45) is 0 Å². The summed E-state index contributed by atoms with van der Waals surface area (Å²) in [6.45, 7) is 4.09. The normalized spacial score (nSPS) is 20.4. The fraction of sp³-hybridized carbons (Fsp3) is 0.583. The van der Waals surface area contributed by atoms with Crippen molar-refractivity contribution in [2.75, 3.05) is 18.5 Å². The molecule has 0 saturated carbocycles. The summed E-state index contributed by atoms with van der Waals surface area (Å²) in [5, 5.41) is 3.87. The van der Waals surface area contributed by atoms with Gasteiger partial charge in [0.25, 0.3) is 0 Å². The molecule has 1 aliphatic heterocycles. The maximum atomic E-state index is 6.12. The monoisotopic (exact) mass is 239 g/mol. The number of nitrogens with one attached hydrogen (secondary N) is 1. The summed E-state index contributed by atoms with van der Waals surface area (Å²) in [4.78, 5) is 6.97. The summed E-state index contributed by atoms with van der Waals surface area (Å²) in [5.74, 6) is 1.02. The molecule has 0 radical (unpaired) electrons. The predicted octanol–water partition coefficient (Wildman–Crippen LogP) is 2.44. The second kappa shape index (κ2) is 5.02. The lowest BCUT2D eigenvalue weighted by atomic mass is 10.2. The molecular formula is C12H18ClN3. The van der Waals surface area contributed by atoms with Crippen LogP contribution in [0.5, 0.6) is 0 Å². The van der Waals surface area contributed by atoms with Crippen molar-refractivity contribution < 1.29 is 0 Å². The fourth-order valence-corrected chi connectivity index (χ4v) is 2.45. The number of halogens is 1. The van der Waals surface area contributed by atoms with Gasteiger partial charge >= 0.3 is 0 Å². The minimum Gasteiger partial charge on any atom is -0.354 e. The first kappa shape index (κ1) is 11.7. The van der Waals surface area contributed by atoms with Crippen LogP contribution >= 0.6 is 11.6 Å². The van der Waals surface area contributed by atoms with Crippen LogP contribution in [-0.4, -0.2) is 24.6 Å². The molecule has 2 rings (SSSR count). The average molecular weight is 240 g/mol. The van der Waals surface area contributed by atoms with Crippen LogP contribution in [-0.2, 0) is 6.54 Å². The van der Waals surface area contributed by atoms with E-state index >= 15 is 0 Å². The summed E-state index contributed by atoms with van der Waals surface area (Å²) >= 11 is 6.12. The van der Waals surface area contributed by atoms with Crippen molar-refractivity contribution >= 4 is 17.4 Å². The summed E-state index contributed by atoms with van der Waals surface area (Å²) in [6, 6.07) is 4.46. The number of aromatic nitrogens is 1. The Morgan fingerprint density at radius 2 is 2.38 bits per heavy atom. The van der Waals surface area contributed by atoms with E-state index in [0.717, 1.165) is 29.6 Å². The third-order valence-electron chi connectivity index (χ3n) is 3.03. The molecule has 1 atom stereocenters. The van der Waals surface area contributed by atoms with Gasteiger partial charge in [-0.1, -0.05) is 11.6 Å². The number of rotatable bonds is 3. The zero-order valence-electron chi connectivity index (χ0n) is 9.83. The molecule has 0 spiro atoms. The van der Waals surface area contributed by atoms with Crippen LogP contribution in [0.25, 0.3) is 0 Å². The lowest BCUT2D eigenvalue weighted by Gasteiger charge is -2.23. The molecule has 16 heavy (non-hydrogen) atoms. The van der Waals surface area contributed by atoms with Crippen molar-refractivity contribution in [3.05, 3.63) is 22.8 Å². The molecule has 2 heterocycles. The third-order valence-corrected chi connectivity index (χ3v) is 3.25. The lowest BCUT2D eigenvalue weighted by molar-refractivity contribution is 0.720.